The number of hydrogen-bond donors (Lipinski definition) is 1. The largest absolute Gasteiger partial charge is 0.434 e. The average Bonchev–Trinajstić information content (AvgIpc) is 2.50. The molecule has 0 aromatic carbocycles. The maximum atomic E-state index is 5.27. The number of pyridine rings is 1. The van der Waals surface area contributed by atoms with E-state index in [1.54, 1.807) is 6.20 Å². The van der Waals surface area contributed by atoms with Crippen LogP contribution >= 0.6 is 0 Å². The van der Waals surface area contributed by atoms with Gasteiger partial charge in [-0.25, -0.2) is 4.98 Å². The van der Waals surface area contributed by atoms with Crippen LogP contribution < -0.4 is 5.23 Å². The van der Waals surface area contributed by atoms with E-state index in [1.165, 1.54) is 0 Å². The molecule has 2 radical (unpaired) electrons. The van der Waals surface area contributed by atoms with Crippen molar-refractivity contribution in [2.75, 3.05) is 5.23 Å². The lowest BCUT2D eigenvalue weighted by atomic mass is 10.3. The Bertz CT molecular complexity index is 368. The van der Waals surface area contributed by atoms with E-state index >= 15 is 0 Å². The normalized spacial score (nSPS) is 10.2. The summed E-state index contributed by atoms with van der Waals surface area (Å²) >= 11 is 0. The maximum Gasteiger partial charge on any atom is 0.222 e. The van der Waals surface area contributed by atoms with Crippen molar-refractivity contribution in [2.45, 2.75) is 0 Å². The fraction of sp³-hybridized carbons (Fsp3) is 0. The topological polar surface area (TPSA) is 29.3 Å². The third-order valence-electron chi connectivity index (χ3n) is 1.57. The van der Waals surface area contributed by atoms with E-state index < -0.39 is 0 Å². The predicted octanol–water partition coefficient (Wildman–Crippen LogP) is 0.830. The van der Waals surface area contributed by atoms with Gasteiger partial charge in [0.15, 0.2) is 5.65 Å². The highest BCUT2D eigenvalue weighted by molar-refractivity contribution is 6.17. The van der Waals surface area contributed by atoms with Gasteiger partial charge in [0.2, 0.25) is 7.98 Å². The van der Waals surface area contributed by atoms with Gasteiger partial charge < -0.3 is 9.63 Å². The van der Waals surface area contributed by atoms with E-state index in [4.69, 9.17) is 7.98 Å². The lowest BCUT2D eigenvalue weighted by Gasteiger charge is -2.00. The second-order valence-corrected chi connectivity index (χ2v) is 2.22. The third-order valence-corrected chi connectivity index (χ3v) is 1.57. The molecule has 2 aromatic heterocycles. The maximum absolute atomic E-state index is 5.27. The van der Waals surface area contributed by atoms with E-state index in [1.807, 2.05) is 28.9 Å². The Morgan fingerprint density at radius 1 is 1.45 bits per heavy atom. The minimum absolute atomic E-state index is 0.831. The quantitative estimate of drug-likeness (QED) is 0.599. The number of hydrogen-bond acceptors (Lipinski definition) is 2. The second kappa shape index (κ2) is 2.30. The zero-order valence-electron chi connectivity index (χ0n) is 5.86. The fourth-order valence-electron chi connectivity index (χ4n) is 1.06. The molecule has 11 heavy (non-hydrogen) atoms. The fourth-order valence-corrected chi connectivity index (χ4v) is 1.06. The number of fused-ring (bicyclic) bond motifs is 1. The van der Waals surface area contributed by atoms with Gasteiger partial charge in [-0.05, 0) is 12.1 Å². The molecule has 2 heterocycles. The number of rotatable bonds is 1. The van der Waals surface area contributed by atoms with Crippen LogP contribution in [0, 0.1) is 0 Å². The third kappa shape index (κ3) is 0.870. The monoisotopic (exact) mass is 143 g/mol. The van der Waals surface area contributed by atoms with Crippen molar-refractivity contribution in [3.05, 3.63) is 30.7 Å². The van der Waals surface area contributed by atoms with E-state index in [2.05, 4.69) is 10.2 Å². The molecule has 0 fully saturated rings. The first-order valence-electron chi connectivity index (χ1n) is 3.30. The summed E-state index contributed by atoms with van der Waals surface area (Å²) in [7, 11) is 5.27. The number of nitrogens with zero attached hydrogens (tertiary/aromatic N) is 2. The minimum atomic E-state index is 0.831. The smallest absolute Gasteiger partial charge is 0.222 e. The number of anilines is 1. The SMILES string of the molecule is [B]Nc1cccn2ccnc12. The summed E-state index contributed by atoms with van der Waals surface area (Å²) in [5, 5.41) is 2.57. The van der Waals surface area contributed by atoms with Crippen molar-refractivity contribution in [3.8, 4) is 0 Å². The summed E-state index contributed by atoms with van der Waals surface area (Å²) in [5.41, 5.74) is 1.67. The number of nitrogens with one attached hydrogen (secondary N) is 1. The summed E-state index contributed by atoms with van der Waals surface area (Å²) in [6, 6.07) is 3.78. The first-order valence-corrected chi connectivity index (χ1v) is 3.30. The molecule has 0 saturated carbocycles. The second-order valence-electron chi connectivity index (χ2n) is 2.22. The molecule has 0 unspecified atom stereocenters. The Balaban J connectivity index is 2.79. The Morgan fingerprint density at radius 3 is 3.18 bits per heavy atom. The Hall–Kier alpha value is -1.45. The van der Waals surface area contributed by atoms with Crippen LogP contribution in [0.5, 0.6) is 0 Å². The molecule has 3 nitrogen and oxygen atoms in total. The summed E-state index contributed by atoms with van der Waals surface area (Å²) < 4.78 is 1.90. The van der Waals surface area contributed by atoms with Gasteiger partial charge >= 0.3 is 0 Å². The van der Waals surface area contributed by atoms with Crippen LogP contribution in [-0.4, -0.2) is 17.4 Å². The zero-order chi connectivity index (χ0) is 7.68. The van der Waals surface area contributed by atoms with Crippen molar-refractivity contribution in [1.82, 2.24) is 9.38 Å². The van der Waals surface area contributed by atoms with Crippen LogP contribution in [0.15, 0.2) is 30.7 Å². The molecule has 0 atom stereocenters. The minimum Gasteiger partial charge on any atom is -0.434 e. The first-order chi connectivity index (χ1) is 5.42. The van der Waals surface area contributed by atoms with Gasteiger partial charge in [-0.15, -0.1) is 0 Å². The average molecular weight is 143 g/mol. The van der Waals surface area contributed by atoms with Gasteiger partial charge in [0.05, 0.1) is 5.69 Å². The van der Waals surface area contributed by atoms with Crippen LogP contribution in [0.1, 0.15) is 0 Å². The summed E-state index contributed by atoms with van der Waals surface area (Å²) in [6.45, 7) is 0. The molecule has 0 aliphatic rings. The van der Waals surface area contributed by atoms with E-state index in [0.717, 1.165) is 11.3 Å². The Kier molecular flexibility index (Phi) is 1.32. The van der Waals surface area contributed by atoms with E-state index in [0.29, 0.717) is 0 Å². The standard InChI is InChI=1S/C7H6BN3/c8-10-6-2-1-4-11-5-3-9-7(6)11/h1-5,10H. The molecule has 0 aliphatic carbocycles. The van der Waals surface area contributed by atoms with Crippen LogP contribution in [-0.2, 0) is 0 Å². The molecule has 0 saturated heterocycles. The highest BCUT2D eigenvalue weighted by Gasteiger charge is 1.96. The van der Waals surface area contributed by atoms with Crippen molar-refractivity contribution in [2.24, 2.45) is 0 Å². The number of imidazole rings is 1. The molecular formula is C7H6BN3. The highest BCUT2D eigenvalue weighted by atomic mass is 15.0. The van der Waals surface area contributed by atoms with Crippen LogP contribution in [0.3, 0.4) is 0 Å². The van der Waals surface area contributed by atoms with Gasteiger partial charge in [-0.1, -0.05) is 0 Å². The molecule has 0 aliphatic heterocycles. The van der Waals surface area contributed by atoms with Gasteiger partial charge in [0, 0.05) is 18.6 Å². The van der Waals surface area contributed by atoms with Crippen LogP contribution in [0.4, 0.5) is 5.69 Å². The zero-order valence-corrected chi connectivity index (χ0v) is 5.86. The van der Waals surface area contributed by atoms with Crippen LogP contribution in [0.2, 0.25) is 0 Å². The van der Waals surface area contributed by atoms with E-state index in [-0.39, 0.29) is 0 Å². The molecule has 2 rings (SSSR count). The number of aromatic nitrogens is 2. The molecule has 1 N–H and O–H groups in total. The van der Waals surface area contributed by atoms with Gasteiger partial charge in [0.25, 0.3) is 0 Å². The predicted molar refractivity (Wildman–Crippen MR) is 44.6 cm³/mol. The molecule has 0 spiro atoms. The van der Waals surface area contributed by atoms with Gasteiger partial charge in [-0.3, -0.25) is 0 Å². The lowest BCUT2D eigenvalue weighted by molar-refractivity contribution is 1.19. The Labute approximate surface area is 65.5 Å². The molecule has 2 aromatic rings. The molecule has 52 valence electrons. The summed E-state index contributed by atoms with van der Waals surface area (Å²) in [5.74, 6) is 0. The highest BCUT2D eigenvalue weighted by Crippen LogP contribution is 2.12. The molecule has 0 bridgehead atoms. The first kappa shape index (κ1) is 6.28. The van der Waals surface area contributed by atoms with Gasteiger partial charge in [-0.2, -0.15) is 0 Å². The van der Waals surface area contributed by atoms with E-state index in [9.17, 15) is 0 Å². The summed E-state index contributed by atoms with van der Waals surface area (Å²) in [6.07, 6.45) is 5.52. The van der Waals surface area contributed by atoms with Crippen molar-refractivity contribution in [3.63, 3.8) is 0 Å². The Morgan fingerprint density at radius 2 is 2.36 bits per heavy atom. The molecule has 0 amide bonds. The van der Waals surface area contributed by atoms with Gasteiger partial charge in [0.1, 0.15) is 0 Å². The summed E-state index contributed by atoms with van der Waals surface area (Å²) in [4.78, 5) is 4.11. The van der Waals surface area contributed by atoms with Crippen LogP contribution in [0.25, 0.3) is 5.65 Å². The van der Waals surface area contributed by atoms with Crippen molar-refractivity contribution < 1.29 is 0 Å². The molecule has 4 heteroatoms. The van der Waals surface area contributed by atoms with Crippen molar-refractivity contribution in [1.29, 1.82) is 0 Å². The van der Waals surface area contributed by atoms with Crippen molar-refractivity contribution >= 4 is 19.3 Å². The molecular weight excluding hydrogens is 137 g/mol. The lowest BCUT2D eigenvalue weighted by Crippen LogP contribution is -1.94.